The van der Waals surface area contributed by atoms with Crippen LogP contribution in [0.5, 0.6) is 0 Å². The van der Waals surface area contributed by atoms with Crippen molar-refractivity contribution in [3.63, 3.8) is 0 Å². The molecule has 0 spiro atoms. The van der Waals surface area contributed by atoms with Crippen LogP contribution in [0.4, 0.5) is 11.4 Å². The van der Waals surface area contributed by atoms with E-state index in [0.29, 0.717) is 10.6 Å². The Labute approximate surface area is 181 Å². The number of pyridine rings is 1. The zero-order chi connectivity index (χ0) is 21.1. The molecule has 1 aliphatic rings. The molecule has 2 heterocycles. The Morgan fingerprint density at radius 3 is 2.60 bits per heavy atom. The first-order chi connectivity index (χ1) is 14.5. The predicted octanol–water partition coefficient (Wildman–Crippen LogP) is 5.05. The van der Waals surface area contributed by atoms with E-state index >= 15 is 0 Å². The molecule has 3 aromatic rings. The van der Waals surface area contributed by atoms with Crippen LogP contribution in [0.1, 0.15) is 29.5 Å². The van der Waals surface area contributed by atoms with Crippen LogP contribution in [0.15, 0.2) is 47.5 Å². The number of anilines is 2. The van der Waals surface area contributed by atoms with E-state index in [1.807, 2.05) is 44.2 Å². The fraction of sp³-hybridized carbons (Fsp3) is 0.292. The van der Waals surface area contributed by atoms with Crippen molar-refractivity contribution in [2.45, 2.75) is 31.7 Å². The first kappa shape index (κ1) is 20.2. The number of fused-ring (bicyclic) bond motifs is 1. The number of aromatic nitrogens is 1. The second-order valence-corrected chi connectivity index (χ2v) is 8.57. The van der Waals surface area contributed by atoms with Gasteiger partial charge in [0, 0.05) is 29.9 Å². The van der Waals surface area contributed by atoms with Crippen molar-refractivity contribution >= 4 is 39.9 Å². The molecule has 152 valence electrons. The van der Waals surface area contributed by atoms with Crippen molar-refractivity contribution in [2.24, 2.45) is 0 Å². The standard InChI is InChI=1S/C24H24N4OS/c1-16-5-6-18-13-19(14-25)24(27-23(18)17(16)2)30-15-22(29)26-20-7-9-21(10-8-20)28-11-3-4-12-28/h5-10,13H,3-4,11-12,15H2,1-2H3,(H,26,29). The molecule has 2 aromatic carbocycles. The molecule has 30 heavy (non-hydrogen) atoms. The molecular weight excluding hydrogens is 392 g/mol. The van der Waals surface area contributed by atoms with Gasteiger partial charge in [0.05, 0.1) is 16.8 Å². The zero-order valence-electron chi connectivity index (χ0n) is 17.2. The molecule has 0 atom stereocenters. The Morgan fingerprint density at radius 1 is 1.17 bits per heavy atom. The summed E-state index contributed by atoms with van der Waals surface area (Å²) in [6.07, 6.45) is 2.48. The summed E-state index contributed by atoms with van der Waals surface area (Å²) in [6.45, 7) is 6.27. The van der Waals surface area contributed by atoms with Gasteiger partial charge in [-0.15, -0.1) is 0 Å². The van der Waals surface area contributed by atoms with Crippen molar-refractivity contribution in [1.29, 1.82) is 5.26 Å². The van der Waals surface area contributed by atoms with Crippen molar-refractivity contribution in [1.82, 2.24) is 4.98 Å². The van der Waals surface area contributed by atoms with Crippen molar-refractivity contribution in [3.05, 3.63) is 59.2 Å². The maximum Gasteiger partial charge on any atom is 0.234 e. The Kier molecular flexibility index (Phi) is 5.91. The number of thioether (sulfide) groups is 1. The minimum atomic E-state index is -0.110. The highest BCUT2D eigenvalue weighted by molar-refractivity contribution is 8.00. The Hall–Kier alpha value is -3.04. The summed E-state index contributed by atoms with van der Waals surface area (Å²) in [6, 6.07) is 16.1. The van der Waals surface area contributed by atoms with E-state index in [-0.39, 0.29) is 11.7 Å². The topological polar surface area (TPSA) is 69.0 Å². The fourth-order valence-corrected chi connectivity index (χ4v) is 4.47. The number of carbonyl (C=O) groups is 1. The van der Waals surface area contributed by atoms with Crippen LogP contribution in [-0.4, -0.2) is 29.7 Å². The lowest BCUT2D eigenvalue weighted by Crippen LogP contribution is -2.18. The molecule has 6 heteroatoms. The first-order valence-corrected chi connectivity index (χ1v) is 11.1. The number of hydrogen-bond acceptors (Lipinski definition) is 5. The summed E-state index contributed by atoms with van der Waals surface area (Å²) < 4.78 is 0. The lowest BCUT2D eigenvalue weighted by Gasteiger charge is -2.17. The normalized spacial score (nSPS) is 13.4. The molecule has 0 aliphatic carbocycles. The Balaban J connectivity index is 1.43. The van der Waals surface area contributed by atoms with Gasteiger partial charge in [-0.25, -0.2) is 4.98 Å². The van der Waals surface area contributed by atoms with E-state index in [1.165, 1.54) is 30.3 Å². The predicted molar refractivity (Wildman–Crippen MR) is 123 cm³/mol. The monoisotopic (exact) mass is 416 g/mol. The van der Waals surface area contributed by atoms with Crippen LogP contribution in [0.3, 0.4) is 0 Å². The summed E-state index contributed by atoms with van der Waals surface area (Å²) in [7, 11) is 0. The first-order valence-electron chi connectivity index (χ1n) is 10.1. The van der Waals surface area contributed by atoms with Gasteiger partial charge in [-0.3, -0.25) is 4.79 Å². The lowest BCUT2D eigenvalue weighted by molar-refractivity contribution is -0.113. The van der Waals surface area contributed by atoms with Crippen molar-refractivity contribution in [2.75, 3.05) is 29.1 Å². The van der Waals surface area contributed by atoms with Gasteiger partial charge in [0.1, 0.15) is 11.1 Å². The second-order valence-electron chi connectivity index (χ2n) is 7.61. The molecule has 1 amide bonds. The van der Waals surface area contributed by atoms with Crippen LogP contribution < -0.4 is 10.2 Å². The quantitative estimate of drug-likeness (QED) is 0.589. The third-order valence-electron chi connectivity index (χ3n) is 5.56. The molecule has 0 unspecified atom stereocenters. The summed E-state index contributed by atoms with van der Waals surface area (Å²) in [4.78, 5) is 19.5. The third kappa shape index (κ3) is 4.27. The van der Waals surface area contributed by atoms with E-state index < -0.39 is 0 Å². The SMILES string of the molecule is Cc1ccc2cc(C#N)c(SCC(=O)Nc3ccc(N4CCCC4)cc3)nc2c1C. The molecule has 4 rings (SSSR count). The van der Waals surface area contributed by atoms with Gasteiger partial charge in [0.2, 0.25) is 5.91 Å². The van der Waals surface area contributed by atoms with Crippen molar-refractivity contribution in [3.8, 4) is 6.07 Å². The zero-order valence-corrected chi connectivity index (χ0v) is 18.1. The van der Waals surface area contributed by atoms with E-state index in [2.05, 4.69) is 28.4 Å². The smallest absolute Gasteiger partial charge is 0.234 e. The van der Waals surface area contributed by atoms with Crippen LogP contribution in [0.2, 0.25) is 0 Å². The number of benzene rings is 2. The van der Waals surface area contributed by atoms with Crippen LogP contribution in [-0.2, 0) is 4.79 Å². The van der Waals surface area contributed by atoms with Gasteiger partial charge in [0.25, 0.3) is 0 Å². The maximum atomic E-state index is 12.5. The van der Waals surface area contributed by atoms with E-state index in [9.17, 15) is 10.1 Å². The molecule has 1 saturated heterocycles. The fourth-order valence-electron chi connectivity index (χ4n) is 3.72. The van der Waals surface area contributed by atoms with Gasteiger partial charge in [-0.2, -0.15) is 5.26 Å². The van der Waals surface area contributed by atoms with E-state index in [1.54, 1.807) is 0 Å². The summed E-state index contributed by atoms with van der Waals surface area (Å²) in [5, 5.41) is 14.0. The lowest BCUT2D eigenvalue weighted by atomic mass is 10.0. The molecular formula is C24H24N4OS. The van der Waals surface area contributed by atoms with Crippen LogP contribution in [0.25, 0.3) is 10.9 Å². The number of hydrogen-bond donors (Lipinski definition) is 1. The molecule has 0 radical (unpaired) electrons. The molecule has 0 saturated carbocycles. The number of carbonyl (C=O) groups excluding carboxylic acids is 1. The molecule has 1 N–H and O–H groups in total. The number of rotatable bonds is 5. The minimum absolute atomic E-state index is 0.110. The summed E-state index contributed by atoms with van der Waals surface area (Å²) in [5.74, 6) is 0.0898. The highest BCUT2D eigenvalue weighted by atomic mass is 32.2. The number of aryl methyl sites for hydroxylation is 2. The van der Waals surface area contributed by atoms with Gasteiger partial charge in [-0.1, -0.05) is 23.9 Å². The largest absolute Gasteiger partial charge is 0.372 e. The minimum Gasteiger partial charge on any atom is -0.372 e. The molecule has 1 aliphatic heterocycles. The molecule has 0 bridgehead atoms. The number of nitriles is 1. The average molecular weight is 417 g/mol. The third-order valence-corrected chi connectivity index (χ3v) is 6.55. The summed E-state index contributed by atoms with van der Waals surface area (Å²) in [5.41, 5.74) is 5.62. The van der Waals surface area contributed by atoms with Crippen LogP contribution in [0, 0.1) is 25.2 Å². The van der Waals surface area contributed by atoms with Gasteiger partial charge in [0.15, 0.2) is 0 Å². The van der Waals surface area contributed by atoms with E-state index in [4.69, 9.17) is 4.98 Å². The number of nitrogens with one attached hydrogen (secondary N) is 1. The Bertz CT molecular complexity index is 1130. The van der Waals surface area contributed by atoms with Crippen LogP contribution >= 0.6 is 11.8 Å². The van der Waals surface area contributed by atoms with Gasteiger partial charge >= 0.3 is 0 Å². The maximum absolute atomic E-state index is 12.5. The summed E-state index contributed by atoms with van der Waals surface area (Å²) >= 11 is 1.30. The highest BCUT2D eigenvalue weighted by Gasteiger charge is 2.14. The van der Waals surface area contributed by atoms with Gasteiger partial charge < -0.3 is 10.2 Å². The van der Waals surface area contributed by atoms with Crippen molar-refractivity contribution < 1.29 is 4.79 Å². The number of amides is 1. The molecule has 5 nitrogen and oxygen atoms in total. The Morgan fingerprint density at radius 2 is 1.90 bits per heavy atom. The highest BCUT2D eigenvalue weighted by Crippen LogP contribution is 2.28. The second kappa shape index (κ2) is 8.76. The molecule has 1 fully saturated rings. The average Bonchev–Trinajstić information content (AvgIpc) is 3.30. The van der Waals surface area contributed by atoms with E-state index in [0.717, 1.165) is 40.8 Å². The number of nitrogens with zero attached hydrogens (tertiary/aromatic N) is 3. The molecule has 1 aromatic heterocycles. The van der Waals surface area contributed by atoms with Gasteiger partial charge in [-0.05, 0) is 68.1 Å².